The predicted molar refractivity (Wildman–Crippen MR) is 62.5 cm³/mol. The molecule has 0 aromatic heterocycles. The zero-order chi connectivity index (χ0) is 10.4. The molecule has 0 atom stereocenters. The molecule has 1 N–H and O–H groups in total. The summed E-state index contributed by atoms with van der Waals surface area (Å²) in [5, 5.41) is 6.73. The van der Waals surface area contributed by atoms with Crippen molar-refractivity contribution in [3.8, 4) is 0 Å². The average Bonchev–Trinajstić information content (AvgIpc) is 2.19. The molecule has 14 heavy (non-hydrogen) atoms. The first kappa shape index (κ1) is 11.2. The van der Waals surface area contributed by atoms with Gasteiger partial charge in [0.15, 0.2) is 0 Å². The van der Waals surface area contributed by atoms with Crippen molar-refractivity contribution < 1.29 is 4.79 Å². The SMILES string of the molecule is C=[As]c1ccc(NC(=O)CCC)cc1. The van der Waals surface area contributed by atoms with Gasteiger partial charge in [-0.1, -0.05) is 0 Å². The molecule has 0 saturated carbocycles. The molecule has 0 saturated heterocycles. The van der Waals surface area contributed by atoms with Crippen LogP contribution in [0.2, 0.25) is 0 Å². The standard InChI is InChI=1S/C11H14AsNO/c1-3-4-11(14)13-10-7-5-9(12-2)6-8-10/h5-8H,2-4H2,1H3,(H,13,14). The molecular formula is C11H14AsNO. The molecule has 0 unspecified atom stereocenters. The van der Waals surface area contributed by atoms with E-state index in [1.807, 2.05) is 31.2 Å². The molecule has 1 amide bonds. The molecule has 0 spiro atoms. The molecule has 1 aromatic rings. The van der Waals surface area contributed by atoms with Gasteiger partial charge in [-0.2, -0.15) is 0 Å². The van der Waals surface area contributed by atoms with E-state index >= 15 is 0 Å². The normalized spacial score (nSPS) is 10.1. The molecule has 0 fully saturated rings. The number of hydrogen-bond donors (Lipinski definition) is 1. The van der Waals surface area contributed by atoms with E-state index in [2.05, 4.69) is 10.6 Å². The fourth-order valence-electron chi connectivity index (χ4n) is 1.10. The number of carbonyl (C=O) groups excluding carboxylic acids is 1. The Hall–Kier alpha value is -0.882. The number of hydrogen-bond acceptors (Lipinski definition) is 1. The Morgan fingerprint density at radius 2 is 2.07 bits per heavy atom. The second-order valence-corrected chi connectivity index (χ2v) is 4.75. The molecule has 0 bridgehead atoms. The van der Waals surface area contributed by atoms with E-state index < -0.39 is 0 Å². The van der Waals surface area contributed by atoms with E-state index in [9.17, 15) is 4.79 Å². The monoisotopic (exact) mass is 251 g/mol. The van der Waals surface area contributed by atoms with Crippen LogP contribution in [0.15, 0.2) is 24.3 Å². The average molecular weight is 251 g/mol. The maximum absolute atomic E-state index is 11.2. The summed E-state index contributed by atoms with van der Waals surface area (Å²) in [6, 6.07) is 7.91. The molecule has 0 aliphatic rings. The molecule has 0 radical (unpaired) electrons. The van der Waals surface area contributed by atoms with Crippen LogP contribution in [0.4, 0.5) is 5.69 Å². The van der Waals surface area contributed by atoms with Gasteiger partial charge in [0.2, 0.25) is 0 Å². The Morgan fingerprint density at radius 3 is 2.57 bits per heavy atom. The van der Waals surface area contributed by atoms with Crippen molar-refractivity contribution in [3.05, 3.63) is 24.3 Å². The van der Waals surface area contributed by atoms with Crippen LogP contribution in [0.3, 0.4) is 0 Å². The molecule has 74 valence electrons. The summed E-state index contributed by atoms with van der Waals surface area (Å²) < 4.78 is 1.27. The number of benzene rings is 1. The van der Waals surface area contributed by atoms with Gasteiger partial charge in [-0.05, 0) is 0 Å². The molecular weight excluding hydrogens is 237 g/mol. The molecule has 1 aromatic carbocycles. The zero-order valence-corrected chi connectivity index (χ0v) is 10.2. The van der Waals surface area contributed by atoms with Crippen LogP contribution < -0.4 is 9.67 Å². The number of carbonyl (C=O) groups is 1. The number of anilines is 1. The second kappa shape index (κ2) is 5.77. The van der Waals surface area contributed by atoms with E-state index in [4.69, 9.17) is 0 Å². The fourth-order valence-corrected chi connectivity index (χ4v) is 1.86. The van der Waals surface area contributed by atoms with Gasteiger partial charge >= 0.3 is 90.7 Å². The minimum atomic E-state index is 0.0351. The van der Waals surface area contributed by atoms with Crippen LogP contribution in [-0.2, 0) is 4.79 Å². The van der Waals surface area contributed by atoms with Crippen molar-refractivity contribution in [2.24, 2.45) is 0 Å². The Morgan fingerprint density at radius 1 is 1.43 bits per heavy atom. The molecule has 1 rings (SSSR count). The topological polar surface area (TPSA) is 29.1 Å². The van der Waals surface area contributed by atoms with E-state index in [0.717, 1.165) is 12.1 Å². The zero-order valence-electron chi connectivity index (χ0n) is 8.29. The van der Waals surface area contributed by atoms with E-state index in [1.165, 1.54) is 4.35 Å². The van der Waals surface area contributed by atoms with Crippen molar-refractivity contribution in [3.63, 3.8) is 0 Å². The van der Waals surface area contributed by atoms with Gasteiger partial charge in [0.25, 0.3) is 0 Å². The predicted octanol–water partition coefficient (Wildman–Crippen LogP) is 1.19. The molecule has 0 aliphatic heterocycles. The first-order valence-corrected chi connectivity index (χ1v) is 6.89. The molecule has 3 heteroatoms. The molecule has 2 nitrogen and oxygen atoms in total. The Kier molecular flexibility index (Phi) is 4.61. The van der Waals surface area contributed by atoms with Crippen molar-refractivity contribution in [1.29, 1.82) is 0 Å². The van der Waals surface area contributed by atoms with Crippen molar-refractivity contribution in [1.82, 2.24) is 0 Å². The van der Waals surface area contributed by atoms with Crippen LogP contribution in [0.1, 0.15) is 19.8 Å². The summed E-state index contributed by atoms with van der Waals surface area (Å²) in [6.07, 6.45) is 1.47. The Bertz CT molecular complexity index is 319. The van der Waals surface area contributed by atoms with Crippen LogP contribution in [0.5, 0.6) is 0 Å². The van der Waals surface area contributed by atoms with Gasteiger partial charge in [-0.25, -0.2) is 0 Å². The third-order valence-corrected chi connectivity index (χ3v) is 3.20. The third kappa shape index (κ3) is 3.47. The minimum absolute atomic E-state index is 0.0351. The summed E-state index contributed by atoms with van der Waals surface area (Å²) in [5.74, 6) is 0.0862. The van der Waals surface area contributed by atoms with E-state index in [1.54, 1.807) is 0 Å². The van der Waals surface area contributed by atoms with Crippen LogP contribution in [0, 0.1) is 0 Å². The van der Waals surface area contributed by atoms with Gasteiger partial charge in [-0.15, -0.1) is 0 Å². The number of nitrogens with one attached hydrogen (secondary N) is 1. The van der Waals surface area contributed by atoms with Crippen LogP contribution >= 0.6 is 0 Å². The van der Waals surface area contributed by atoms with Gasteiger partial charge in [-0.3, -0.25) is 0 Å². The van der Waals surface area contributed by atoms with Crippen LogP contribution in [-0.4, -0.2) is 26.5 Å². The van der Waals surface area contributed by atoms with Crippen molar-refractivity contribution in [2.45, 2.75) is 19.8 Å². The first-order valence-electron chi connectivity index (χ1n) is 4.63. The van der Waals surface area contributed by atoms with Crippen LogP contribution in [0.25, 0.3) is 0 Å². The summed E-state index contributed by atoms with van der Waals surface area (Å²) in [6.45, 7) is 2.00. The fraction of sp³-hybridized carbons (Fsp3) is 0.273. The van der Waals surface area contributed by atoms with Crippen molar-refractivity contribution in [2.75, 3.05) is 5.32 Å². The van der Waals surface area contributed by atoms with Gasteiger partial charge in [0.05, 0.1) is 0 Å². The van der Waals surface area contributed by atoms with Crippen molar-refractivity contribution >= 4 is 36.6 Å². The number of rotatable bonds is 4. The second-order valence-electron chi connectivity index (χ2n) is 3.00. The van der Waals surface area contributed by atoms with Gasteiger partial charge in [0, 0.05) is 0 Å². The Balaban J connectivity index is 2.59. The molecule has 0 aliphatic carbocycles. The Labute approximate surface area is 90.9 Å². The summed E-state index contributed by atoms with van der Waals surface area (Å²) in [7, 11) is 0. The third-order valence-electron chi connectivity index (χ3n) is 1.81. The molecule has 0 heterocycles. The quantitative estimate of drug-likeness (QED) is 0.800. The number of amides is 1. The summed E-state index contributed by atoms with van der Waals surface area (Å²) in [4.78, 5) is 11.2. The maximum atomic E-state index is 11.2. The van der Waals surface area contributed by atoms with Gasteiger partial charge in [0.1, 0.15) is 0 Å². The van der Waals surface area contributed by atoms with E-state index in [-0.39, 0.29) is 21.2 Å². The van der Waals surface area contributed by atoms with E-state index in [0.29, 0.717) is 6.42 Å². The summed E-state index contributed by atoms with van der Waals surface area (Å²) >= 11 is 0.0351. The summed E-state index contributed by atoms with van der Waals surface area (Å²) in [5.41, 5.74) is 0.877. The first-order chi connectivity index (χ1) is 6.76. The van der Waals surface area contributed by atoms with Gasteiger partial charge < -0.3 is 0 Å².